The van der Waals surface area contributed by atoms with E-state index in [1.54, 1.807) is 32.1 Å². The van der Waals surface area contributed by atoms with Gasteiger partial charge in [0.15, 0.2) is 0 Å². The molecule has 162 valence electrons. The summed E-state index contributed by atoms with van der Waals surface area (Å²) in [6.45, 7) is 3.84. The van der Waals surface area contributed by atoms with Gasteiger partial charge in [0.05, 0.1) is 10.5 Å². The highest BCUT2D eigenvalue weighted by molar-refractivity contribution is 8.18. The highest BCUT2D eigenvalue weighted by Crippen LogP contribution is 2.37. The molecule has 0 radical (unpaired) electrons. The Morgan fingerprint density at radius 2 is 1.78 bits per heavy atom. The van der Waals surface area contributed by atoms with Crippen molar-refractivity contribution < 1.29 is 24.2 Å². The highest BCUT2D eigenvalue weighted by Gasteiger charge is 2.36. The highest BCUT2D eigenvalue weighted by atomic mass is 32.2. The molecular formula is C25H21NO5S. The van der Waals surface area contributed by atoms with E-state index in [0.29, 0.717) is 10.7 Å². The Labute approximate surface area is 189 Å². The van der Waals surface area contributed by atoms with Crippen LogP contribution in [0.4, 0.5) is 4.79 Å². The van der Waals surface area contributed by atoms with Crippen LogP contribution in [0.25, 0.3) is 16.8 Å². The van der Waals surface area contributed by atoms with Gasteiger partial charge in [0.1, 0.15) is 12.4 Å². The van der Waals surface area contributed by atoms with Crippen LogP contribution in [0.5, 0.6) is 5.75 Å². The second-order valence-electron chi connectivity index (χ2n) is 7.63. The Morgan fingerprint density at radius 1 is 1.06 bits per heavy atom. The van der Waals surface area contributed by atoms with Gasteiger partial charge in [-0.2, -0.15) is 0 Å². The van der Waals surface area contributed by atoms with Crippen LogP contribution in [-0.2, 0) is 11.4 Å². The maximum absolute atomic E-state index is 12.8. The monoisotopic (exact) mass is 447 g/mol. The molecule has 0 bridgehead atoms. The van der Waals surface area contributed by atoms with Crippen molar-refractivity contribution in [3.8, 4) is 5.75 Å². The van der Waals surface area contributed by atoms with E-state index in [9.17, 15) is 14.4 Å². The summed E-state index contributed by atoms with van der Waals surface area (Å²) in [5, 5.41) is 10.7. The second kappa shape index (κ2) is 8.88. The topological polar surface area (TPSA) is 83.9 Å². The molecule has 1 fully saturated rings. The lowest BCUT2D eigenvalue weighted by atomic mass is 10.0. The lowest BCUT2D eigenvalue weighted by Crippen LogP contribution is -2.34. The quantitative estimate of drug-likeness (QED) is 0.498. The smallest absolute Gasteiger partial charge is 0.335 e. The van der Waals surface area contributed by atoms with Crippen LogP contribution in [0, 0.1) is 0 Å². The molecule has 2 amide bonds. The normalized spacial score (nSPS) is 15.2. The van der Waals surface area contributed by atoms with E-state index in [2.05, 4.69) is 0 Å². The maximum Gasteiger partial charge on any atom is 0.335 e. The predicted molar refractivity (Wildman–Crippen MR) is 125 cm³/mol. The van der Waals surface area contributed by atoms with E-state index in [-0.39, 0.29) is 29.4 Å². The predicted octanol–water partition coefficient (Wildman–Crippen LogP) is 5.56. The molecule has 0 unspecified atom stereocenters. The van der Waals surface area contributed by atoms with E-state index in [4.69, 9.17) is 9.84 Å². The van der Waals surface area contributed by atoms with Crippen molar-refractivity contribution in [2.24, 2.45) is 0 Å². The number of ether oxygens (including phenoxy) is 1. The fraction of sp³-hybridized carbons (Fsp3) is 0.160. The summed E-state index contributed by atoms with van der Waals surface area (Å²) >= 11 is 0.928. The molecule has 1 aliphatic heterocycles. The van der Waals surface area contributed by atoms with Gasteiger partial charge >= 0.3 is 5.97 Å². The largest absolute Gasteiger partial charge is 0.488 e. The zero-order valence-corrected chi connectivity index (χ0v) is 18.4. The average Bonchev–Trinajstić information content (AvgIpc) is 3.06. The number of hydrogen-bond donors (Lipinski definition) is 1. The van der Waals surface area contributed by atoms with Crippen molar-refractivity contribution in [1.29, 1.82) is 0 Å². The standard InChI is InChI=1S/C25H21NO5S/c1-15(2)26-23(27)22(32-25(26)30)13-20-19-6-4-3-5-17(19)11-12-21(20)31-14-16-7-9-18(10-8-16)24(28)29/h3-13,15H,14H2,1-2H3,(H,28,29)/b22-13+. The summed E-state index contributed by atoms with van der Waals surface area (Å²) in [6, 6.07) is 17.8. The van der Waals surface area contributed by atoms with Crippen molar-refractivity contribution in [3.63, 3.8) is 0 Å². The molecule has 7 heteroatoms. The number of carbonyl (C=O) groups is 3. The van der Waals surface area contributed by atoms with Gasteiger partial charge in [-0.25, -0.2) is 4.79 Å². The van der Waals surface area contributed by atoms with E-state index in [0.717, 1.165) is 33.7 Å². The molecule has 0 atom stereocenters. The molecule has 0 aromatic heterocycles. The summed E-state index contributed by atoms with van der Waals surface area (Å²) in [5.41, 5.74) is 1.75. The molecule has 3 aromatic rings. The third-order valence-electron chi connectivity index (χ3n) is 5.14. The number of benzene rings is 3. The lowest BCUT2D eigenvalue weighted by Gasteiger charge is -2.16. The molecule has 6 nitrogen and oxygen atoms in total. The van der Waals surface area contributed by atoms with Crippen LogP contribution in [0.1, 0.15) is 35.3 Å². The number of imide groups is 1. The molecule has 0 saturated carbocycles. The number of aromatic carboxylic acids is 1. The Balaban J connectivity index is 1.69. The summed E-state index contributed by atoms with van der Waals surface area (Å²) in [4.78, 5) is 37.8. The van der Waals surface area contributed by atoms with Crippen LogP contribution < -0.4 is 4.74 Å². The minimum absolute atomic E-state index is 0.209. The Kier molecular flexibility index (Phi) is 6.01. The minimum Gasteiger partial charge on any atom is -0.488 e. The van der Waals surface area contributed by atoms with Crippen molar-refractivity contribution in [2.75, 3.05) is 0 Å². The summed E-state index contributed by atoms with van der Waals surface area (Å²) < 4.78 is 6.07. The fourth-order valence-corrected chi connectivity index (χ4v) is 4.45. The van der Waals surface area contributed by atoms with Gasteiger partial charge in [0.2, 0.25) is 0 Å². The Hall–Kier alpha value is -3.58. The van der Waals surface area contributed by atoms with Crippen LogP contribution >= 0.6 is 11.8 Å². The minimum atomic E-state index is -0.982. The summed E-state index contributed by atoms with van der Waals surface area (Å²) in [6.07, 6.45) is 1.72. The third-order valence-corrected chi connectivity index (χ3v) is 6.02. The number of nitrogens with zero attached hydrogens (tertiary/aromatic N) is 1. The number of carbonyl (C=O) groups excluding carboxylic acids is 2. The van der Waals surface area contributed by atoms with Gasteiger partial charge < -0.3 is 9.84 Å². The van der Waals surface area contributed by atoms with Crippen molar-refractivity contribution in [3.05, 3.63) is 82.3 Å². The first-order chi connectivity index (χ1) is 15.3. The van der Waals surface area contributed by atoms with Crippen LogP contribution in [-0.4, -0.2) is 33.2 Å². The summed E-state index contributed by atoms with van der Waals surface area (Å²) in [5.74, 6) is -0.717. The van der Waals surface area contributed by atoms with Crippen LogP contribution in [0.2, 0.25) is 0 Å². The van der Waals surface area contributed by atoms with Gasteiger partial charge in [0.25, 0.3) is 11.1 Å². The number of thioether (sulfide) groups is 1. The zero-order chi connectivity index (χ0) is 22.8. The molecule has 0 aliphatic carbocycles. The molecule has 4 rings (SSSR count). The molecule has 32 heavy (non-hydrogen) atoms. The first kappa shape index (κ1) is 21.6. The van der Waals surface area contributed by atoms with E-state index in [1.807, 2.05) is 36.4 Å². The van der Waals surface area contributed by atoms with E-state index in [1.165, 1.54) is 17.0 Å². The van der Waals surface area contributed by atoms with Gasteiger partial charge in [-0.1, -0.05) is 42.5 Å². The molecular weight excluding hydrogens is 426 g/mol. The zero-order valence-electron chi connectivity index (χ0n) is 17.6. The number of carboxylic acids is 1. The first-order valence-corrected chi connectivity index (χ1v) is 10.9. The average molecular weight is 448 g/mol. The van der Waals surface area contributed by atoms with Crippen LogP contribution in [0.3, 0.4) is 0 Å². The SMILES string of the molecule is CC(C)N1C(=O)S/C(=C/c2c(OCc3ccc(C(=O)O)cc3)ccc3ccccc23)C1=O. The van der Waals surface area contributed by atoms with E-state index >= 15 is 0 Å². The third kappa shape index (κ3) is 4.24. The second-order valence-corrected chi connectivity index (χ2v) is 8.63. The molecule has 1 saturated heterocycles. The van der Waals surface area contributed by atoms with E-state index < -0.39 is 5.97 Å². The van der Waals surface area contributed by atoms with Crippen molar-refractivity contribution >= 4 is 45.7 Å². The number of hydrogen-bond acceptors (Lipinski definition) is 5. The van der Waals surface area contributed by atoms with Gasteiger partial charge in [0, 0.05) is 11.6 Å². The summed E-state index contributed by atoms with van der Waals surface area (Å²) in [7, 11) is 0. The number of rotatable bonds is 6. The van der Waals surface area contributed by atoms with Gasteiger partial charge in [-0.3, -0.25) is 14.5 Å². The molecule has 0 spiro atoms. The maximum atomic E-state index is 12.8. The van der Waals surface area contributed by atoms with Crippen LogP contribution in [0.15, 0.2) is 65.6 Å². The van der Waals surface area contributed by atoms with Crippen molar-refractivity contribution in [1.82, 2.24) is 4.90 Å². The fourth-order valence-electron chi connectivity index (χ4n) is 3.51. The molecule has 1 aliphatic rings. The van der Waals surface area contributed by atoms with Gasteiger partial charge in [-0.15, -0.1) is 0 Å². The lowest BCUT2D eigenvalue weighted by molar-refractivity contribution is -0.123. The Bertz CT molecular complexity index is 1250. The molecule has 1 N–H and O–H groups in total. The number of fused-ring (bicyclic) bond motifs is 1. The Morgan fingerprint density at radius 3 is 2.44 bits per heavy atom. The molecule has 3 aromatic carbocycles. The molecule has 1 heterocycles. The number of amides is 2. The number of carboxylic acid groups (broad SMARTS) is 1. The van der Waals surface area contributed by atoms with Gasteiger partial charge in [-0.05, 0) is 66.2 Å². The van der Waals surface area contributed by atoms with Crippen molar-refractivity contribution in [2.45, 2.75) is 26.5 Å². The first-order valence-electron chi connectivity index (χ1n) is 10.1.